The van der Waals surface area contributed by atoms with Crippen molar-refractivity contribution in [2.24, 2.45) is 0 Å². The third-order valence-electron chi connectivity index (χ3n) is 5.02. The van der Waals surface area contributed by atoms with Crippen LogP contribution in [-0.4, -0.2) is 37.0 Å². The molecule has 2 aromatic carbocycles. The molecule has 0 aromatic heterocycles. The second-order valence-electron chi connectivity index (χ2n) is 7.17. The minimum atomic E-state index is -0.0635. The zero-order chi connectivity index (χ0) is 19.6. The van der Waals surface area contributed by atoms with Gasteiger partial charge >= 0.3 is 0 Å². The van der Waals surface area contributed by atoms with E-state index >= 15 is 0 Å². The van der Waals surface area contributed by atoms with Gasteiger partial charge in [0.05, 0.1) is 12.6 Å². The lowest BCUT2D eigenvalue weighted by Crippen LogP contribution is -2.36. The number of rotatable bonds is 9. The van der Waals surface area contributed by atoms with Gasteiger partial charge in [0.25, 0.3) is 0 Å². The summed E-state index contributed by atoms with van der Waals surface area (Å²) in [6.45, 7) is 5.62. The van der Waals surface area contributed by atoms with Crippen LogP contribution in [0.15, 0.2) is 60.7 Å². The maximum atomic E-state index is 12.3. The highest BCUT2D eigenvalue weighted by molar-refractivity contribution is 5.91. The summed E-state index contributed by atoms with van der Waals surface area (Å²) >= 11 is 0. The summed E-state index contributed by atoms with van der Waals surface area (Å²) in [7, 11) is 0. The molecule has 1 N–H and O–H groups in total. The van der Waals surface area contributed by atoms with Crippen molar-refractivity contribution in [2.45, 2.75) is 32.2 Å². The molecule has 0 aliphatic carbocycles. The van der Waals surface area contributed by atoms with E-state index in [9.17, 15) is 4.79 Å². The highest BCUT2D eigenvalue weighted by Gasteiger charge is 2.23. The molecular weight excluding hydrogens is 348 g/mol. The SMILES string of the molecule is CCCOc1ccc(/C=C/C(=O)NCC(c2ccccc2)N2CCCC2)cc1. The van der Waals surface area contributed by atoms with Gasteiger partial charge in [0.15, 0.2) is 0 Å². The molecule has 1 fully saturated rings. The van der Waals surface area contributed by atoms with E-state index in [0.717, 1.165) is 37.4 Å². The Morgan fingerprint density at radius 1 is 1.11 bits per heavy atom. The number of hydrogen-bond acceptors (Lipinski definition) is 3. The summed E-state index contributed by atoms with van der Waals surface area (Å²) in [4.78, 5) is 14.8. The lowest BCUT2D eigenvalue weighted by Gasteiger charge is -2.28. The number of amides is 1. The number of carbonyl (C=O) groups is 1. The largest absolute Gasteiger partial charge is 0.494 e. The summed E-state index contributed by atoms with van der Waals surface area (Å²) in [5.41, 5.74) is 2.24. The van der Waals surface area contributed by atoms with Crippen molar-refractivity contribution in [3.05, 3.63) is 71.8 Å². The molecule has 3 rings (SSSR count). The van der Waals surface area contributed by atoms with E-state index in [4.69, 9.17) is 4.74 Å². The van der Waals surface area contributed by atoms with E-state index in [0.29, 0.717) is 6.54 Å². The first kappa shape index (κ1) is 20.2. The Morgan fingerprint density at radius 2 is 1.82 bits per heavy atom. The first-order chi connectivity index (χ1) is 13.8. The summed E-state index contributed by atoms with van der Waals surface area (Å²) in [5.74, 6) is 0.797. The molecule has 28 heavy (non-hydrogen) atoms. The van der Waals surface area contributed by atoms with E-state index in [1.807, 2.05) is 36.4 Å². The highest BCUT2D eigenvalue weighted by Crippen LogP contribution is 2.24. The Kier molecular flexibility index (Phi) is 7.68. The molecular formula is C24H30N2O2. The van der Waals surface area contributed by atoms with Gasteiger partial charge in [-0.25, -0.2) is 0 Å². The molecule has 1 unspecified atom stereocenters. The fourth-order valence-corrected chi connectivity index (χ4v) is 3.51. The molecule has 1 aliphatic heterocycles. The Bertz CT molecular complexity index is 750. The Labute approximate surface area is 168 Å². The molecule has 4 heteroatoms. The molecule has 1 aliphatic rings. The fourth-order valence-electron chi connectivity index (χ4n) is 3.51. The first-order valence-corrected chi connectivity index (χ1v) is 10.2. The zero-order valence-electron chi connectivity index (χ0n) is 16.6. The standard InChI is InChI=1S/C24H30N2O2/c1-2-18-28-22-13-10-20(11-14-22)12-15-24(27)25-19-23(26-16-6-7-17-26)21-8-4-3-5-9-21/h3-5,8-15,23H,2,6-7,16-19H2,1H3,(H,25,27)/b15-12+. The Hall–Kier alpha value is -2.59. The van der Waals surface area contributed by atoms with Crippen molar-refractivity contribution in [1.29, 1.82) is 0 Å². The number of ether oxygens (including phenoxy) is 1. The number of carbonyl (C=O) groups excluding carboxylic acids is 1. The third kappa shape index (κ3) is 5.96. The Morgan fingerprint density at radius 3 is 2.50 bits per heavy atom. The lowest BCUT2D eigenvalue weighted by atomic mass is 10.1. The summed E-state index contributed by atoms with van der Waals surface area (Å²) in [6.07, 6.45) is 6.90. The number of nitrogens with zero attached hydrogens (tertiary/aromatic N) is 1. The molecule has 1 amide bonds. The van der Waals surface area contributed by atoms with Crippen LogP contribution in [0.2, 0.25) is 0 Å². The van der Waals surface area contributed by atoms with Crippen LogP contribution in [0, 0.1) is 0 Å². The van der Waals surface area contributed by atoms with E-state index < -0.39 is 0 Å². The van der Waals surface area contributed by atoms with Gasteiger partial charge in [-0.2, -0.15) is 0 Å². The van der Waals surface area contributed by atoms with Crippen LogP contribution in [0.3, 0.4) is 0 Å². The second-order valence-corrected chi connectivity index (χ2v) is 7.17. The van der Waals surface area contributed by atoms with Crippen molar-refractivity contribution in [3.63, 3.8) is 0 Å². The summed E-state index contributed by atoms with van der Waals surface area (Å²) in [5, 5.41) is 3.08. The molecule has 1 heterocycles. The topological polar surface area (TPSA) is 41.6 Å². The van der Waals surface area contributed by atoms with E-state index in [1.165, 1.54) is 18.4 Å². The van der Waals surface area contributed by atoms with Gasteiger partial charge in [0.1, 0.15) is 5.75 Å². The molecule has 4 nitrogen and oxygen atoms in total. The van der Waals surface area contributed by atoms with E-state index in [1.54, 1.807) is 6.08 Å². The first-order valence-electron chi connectivity index (χ1n) is 10.2. The molecule has 0 saturated carbocycles. The molecule has 1 saturated heterocycles. The van der Waals surface area contributed by atoms with Crippen molar-refractivity contribution >= 4 is 12.0 Å². The van der Waals surface area contributed by atoms with Crippen LogP contribution in [0.5, 0.6) is 5.75 Å². The van der Waals surface area contributed by atoms with E-state index in [-0.39, 0.29) is 11.9 Å². The van der Waals surface area contributed by atoms with Crippen molar-refractivity contribution < 1.29 is 9.53 Å². The van der Waals surface area contributed by atoms with Crippen LogP contribution in [0.25, 0.3) is 6.08 Å². The predicted molar refractivity (Wildman–Crippen MR) is 114 cm³/mol. The van der Waals surface area contributed by atoms with Gasteiger partial charge in [-0.1, -0.05) is 49.4 Å². The molecule has 148 valence electrons. The zero-order valence-corrected chi connectivity index (χ0v) is 16.6. The van der Waals surface area contributed by atoms with Crippen molar-refractivity contribution in [2.75, 3.05) is 26.2 Å². The summed E-state index contributed by atoms with van der Waals surface area (Å²) in [6, 6.07) is 18.5. The normalized spacial score (nSPS) is 15.6. The Balaban J connectivity index is 1.54. The van der Waals surface area contributed by atoms with Gasteiger partial charge in [-0.15, -0.1) is 0 Å². The van der Waals surface area contributed by atoms with Gasteiger partial charge in [-0.05, 0) is 61.7 Å². The van der Waals surface area contributed by atoms with Gasteiger partial charge in [0.2, 0.25) is 5.91 Å². The fraction of sp³-hybridized carbons (Fsp3) is 0.375. The third-order valence-corrected chi connectivity index (χ3v) is 5.02. The van der Waals surface area contributed by atoms with Crippen molar-refractivity contribution in [3.8, 4) is 5.75 Å². The number of hydrogen-bond donors (Lipinski definition) is 1. The smallest absolute Gasteiger partial charge is 0.244 e. The van der Waals surface area contributed by atoms with Crippen LogP contribution >= 0.6 is 0 Å². The molecule has 1 atom stereocenters. The molecule has 2 aromatic rings. The molecule has 0 radical (unpaired) electrons. The number of nitrogens with one attached hydrogen (secondary N) is 1. The number of likely N-dealkylation sites (tertiary alicyclic amines) is 1. The van der Waals surface area contributed by atoms with Gasteiger partial charge in [0, 0.05) is 12.6 Å². The number of benzene rings is 2. The average molecular weight is 379 g/mol. The van der Waals surface area contributed by atoms with Crippen LogP contribution in [-0.2, 0) is 4.79 Å². The minimum absolute atomic E-state index is 0.0635. The quantitative estimate of drug-likeness (QED) is 0.656. The highest BCUT2D eigenvalue weighted by atomic mass is 16.5. The van der Waals surface area contributed by atoms with Crippen LogP contribution in [0.4, 0.5) is 0 Å². The van der Waals surface area contributed by atoms with E-state index in [2.05, 4.69) is 41.4 Å². The monoisotopic (exact) mass is 378 g/mol. The van der Waals surface area contributed by atoms with Gasteiger partial charge in [-0.3, -0.25) is 9.69 Å². The minimum Gasteiger partial charge on any atom is -0.494 e. The van der Waals surface area contributed by atoms with Crippen molar-refractivity contribution in [1.82, 2.24) is 10.2 Å². The predicted octanol–water partition coefficient (Wildman–Crippen LogP) is 4.44. The average Bonchev–Trinajstić information content (AvgIpc) is 3.27. The molecule has 0 spiro atoms. The summed E-state index contributed by atoms with van der Waals surface area (Å²) < 4.78 is 5.58. The van der Waals surface area contributed by atoms with Crippen LogP contribution < -0.4 is 10.1 Å². The lowest BCUT2D eigenvalue weighted by molar-refractivity contribution is -0.116. The van der Waals surface area contributed by atoms with Crippen LogP contribution in [0.1, 0.15) is 43.4 Å². The maximum Gasteiger partial charge on any atom is 0.244 e. The second kappa shape index (κ2) is 10.7. The maximum absolute atomic E-state index is 12.3. The van der Waals surface area contributed by atoms with Gasteiger partial charge < -0.3 is 10.1 Å². The molecule has 0 bridgehead atoms.